The van der Waals surface area contributed by atoms with Crippen LogP contribution in [0, 0.1) is 29.5 Å². The molecule has 8 heteroatoms. The van der Waals surface area contributed by atoms with Gasteiger partial charge < -0.3 is 10.2 Å². The first-order valence-electron chi connectivity index (χ1n) is 9.08. The van der Waals surface area contributed by atoms with E-state index >= 15 is 0 Å². The molecular formula is C21H26FN5O2. The molecule has 154 valence electrons. The SMILES string of the molecule is CONC(=O)c1ccc(C)c(Nc2nc(N(C)CC(C)(C)C)c(F)cc2C#N)c1. The van der Waals surface area contributed by atoms with Gasteiger partial charge in [-0.05, 0) is 36.1 Å². The fraction of sp³-hybridized carbons (Fsp3) is 0.381. The summed E-state index contributed by atoms with van der Waals surface area (Å²) in [6.07, 6.45) is 0. The van der Waals surface area contributed by atoms with Gasteiger partial charge in [-0.2, -0.15) is 5.26 Å². The van der Waals surface area contributed by atoms with Crippen LogP contribution in [-0.4, -0.2) is 31.6 Å². The van der Waals surface area contributed by atoms with Crippen molar-refractivity contribution in [2.24, 2.45) is 5.41 Å². The largest absolute Gasteiger partial charge is 0.357 e. The Labute approximate surface area is 170 Å². The second-order valence-corrected chi connectivity index (χ2v) is 8.01. The summed E-state index contributed by atoms with van der Waals surface area (Å²) in [6, 6.07) is 8.16. The predicted molar refractivity (Wildman–Crippen MR) is 111 cm³/mol. The number of carbonyl (C=O) groups is 1. The van der Waals surface area contributed by atoms with E-state index in [-0.39, 0.29) is 22.6 Å². The zero-order chi connectivity index (χ0) is 21.8. The molecule has 0 radical (unpaired) electrons. The molecule has 0 fully saturated rings. The number of carbonyl (C=O) groups excluding carboxylic acids is 1. The Balaban J connectivity index is 2.44. The average molecular weight is 399 g/mol. The number of nitrogens with one attached hydrogen (secondary N) is 2. The first-order valence-corrected chi connectivity index (χ1v) is 9.08. The average Bonchev–Trinajstić information content (AvgIpc) is 2.63. The second-order valence-electron chi connectivity index (χ2n) is 8.01. The molecule has 0 unspecified atom stereocenters. The molecule has 0 atom stereocenters. The van der Waals surface area contributed by atoms with E-state index in [9.17, 15) is 14.4 Å². The van der Waals surface area contributed by atoms with Crippen LogP contribution in [0.5, 0.6) is 0 Å². The van der Waals surface area contributed by atoms with Crippen LogP contribution < -0.4 is 15.7 Å². The van der Waals surface area contributed by atoms with Gasteiger partial charge in [0.05, 0.1) is 12.7 Å². The highest BCUT2D eigenvalue weighted by molar-refractivity contribution is 5.94. The molecule has 7 nitrogen and oxygen atoms in total. The summed E-state index contributed by atoms with van der Waals surface area (Å²) in [6.45, 7) is 8.56. The van der Waals surface area contributed by atoms with Gasteiger partial charge in [-0.15, -0.1) is 0 Å². The number of rotatable bonds is 6. The number of aromatic nitrogens is 1. The van der Waals surface area contributed by atoms with Crippen LogP contribution in [0.25, 0.3) is 0 Å². The molecule has 29 heavy (non-hydrogen) atoms. The highest BCUT2D eigenvalue weighted by atomic mass is 19.1. The van der Waals surface area contributed by atoms with Crippen molar-refractivity contribution in [2.45, 2.75) is 27.7 Å². The maximum absolute atomic E-state index is 14.6. The lowest BCUT2D eigenvalue weighted by Crippen LogP contribution is -2.30. The van der Waals surface area contributed by atoms with Crippen molar-refractivity contribution >= 4 is 23.2 Å². The molecule has 0 aliphatic carbocycles. The molecule has 1 aromatic carbocycles. The molecule has 1 aromatic heterocycles. The molecule has 2 N–H and O–H groups in total. The zero-order valence-corrected chi connectivity index (χ0v) is 17.6. The molecule has 2 aromatic rings. The Morgan fingerprint density at radius 2 is 2.03 bits per heavy atom. The highest BCUT2D eigenvalue weighted by Gasteiger charge is 2.20. The second kappa shape index (κ2) is 8.88. The van der Waals surface area contributed by atoms with Gasteiger partial charge in [0.15, 0.2) is 17.5 Å². The third kappa shape index (κ3) is 5.65. The van der Waals surface area contributed by atoms with E-state index in [1.807, 2.05) is 33.8 Å². The van der Waals surface area contributed by atoms with Crippen molar-refractivity contribution in [1.82, 2.24) is 10.5 Å². The number of aryl methyl sites for hydroxylation is 1. The van der Waals surface area contributed by atoms with Crippen molar-refractivity contribution in [3.63, 3.8) is 0 Å². The predicted octanol–water partition coefficient (Wildman–Crippen LogP) is 3.92. The van der Waals surface area contributed by atoms with Crippen molar-refractivity contribution in [2.75, 3.05) is 30.9 Å². The molecule has 0 aliphatic heterocycles. The summed E-state index contributed by atoms with van der Waals surface area (Å²) >= 11 is 0. The molecule has 1 amide bonds. The molecular weight excluding hydrogens is 373 g/mol. The number of benzene rings is 1. The molecule has 0 aliphatic rings. The van der Waals surface area contributed by atoms with Gasteiger partial charge in [0.2, 0.25) is 0 Å². The monoisotopic (exact) mass is 399 g/mol. The van der Waals surface area contributed by atoms with Crippen LogP contribution in [0.1, 0.15) is 42.3 Å². The summed E-state index contributed by atoms with van der Waals surface area (Å²) in [5, 5.41) is 12.5. The van der Waals surface area contributed by atoms with Gasteiger partial charge in [-0.25, -0.2) is 14.9 Å². The first-order chi connectivity index (χ1) is 13.6. The van der Waals surface area contributed by atoms with Crippen LogP contribution in [0.2, 0.25) is 0 Å². The van der Waals surface area contributed by atoms with E-state index in [0.717, 1.165) is 5.56 Å². The Hall–Kier alpha value is -3.18. The molecule has 0 bridgehead atoms. The topological polar surface area (TPSA) is 90.3 Å². The summed E-state index contributed by atoms with van der Waals surface area (Å²) < 4.78 is 14.6. The van der Waals surface area contributed by atoms with E-state index in [1.165, 1.54) is 13.2 Å². The minimum Gasteiger partial charge on any atom is -0.357 e. The number of halogens is 1. The summed E-state index contributed by atoms with van der Waals surface area (Å²) in [5.41, 5.74) is 4.04. The maximum Gasteiger partial charge on any atom is 0.274 e. The van der Waals surface area contributed by atoms with Gasteiger partial charge in [-0.1, -0.05) is 26.8 Å². The molecule has 0 saturated carbocycles. The lowest BCUT2D eigenvalue weighted by molar-refractivity contribution is 0.0537. The number of amides is 1. The van der Waals surface area contributed by atoms with Crippen LogP contribution >= 0.6 is 0 Å². The van der Waals surface area contributed by atoms with E-state index in [2.05, 4.69) is 20.6 Å². The lowest BCUT2D eigenvalue weighted by atomic mass is 9.96. The molecule has 1 heterocycles. The zero-order valence-electron chi connectivity index (χ0n) is 17.6. The van der Waals surface area contributed by atoms with E-state index in [4.69, 9.17) is 0 Å². The van der Waals surface area contributed by atoms with Crippen LogP contribution in [0.15, 0.2) is 24.3 Å². The normalized spacial score (nSPS) is 11.0. The van der Waals surface area contributed by atoms with Crippen LogP contribution in [-0.2, 0) is 4.84 Å². The minimum absolute atomic E-state index is 0.0655. The van der Waals surface area contributed by atoms with Gasteiger partial charge in [0, 0.05) is 24.8 Å². The molecule has 2 rings (SSSR count). The fourth-order valence-corrected chi connectivity index (χ4v) is 2.89. The van der Waals surface area contributed by atoms with E-state index in [0.29, 0.717) is 17.8 Å². The number of hydrogen-bond acceptors (Lipinski definition) is 6. The Morgan fingerprint density at radius 3 is 2.62 bits per heavy atom. The Morgan fingerprint density at radius 1 is 1.34 bits per heavy atom. The van der Waals surface area contributed by atoms with E-state index < -0.39 is 11.7 Å². The third-order valence-electron chi connectivity index (χ3n) is 4.10. The van der Waals surface area contributed by atoms with Crippen molar-refractivity contribution in [3.8, 4) is 6.07 Å². The Kier molecular flexibility index (Phi) is 6.77. The third-order valence-corrected chi connectivity index (χ3v) is 4.10. The fourth-order valence-electron chi connectivity index (χ4n) is 2.89. The van der Waals surface area contributed by atoms with Crippen LogP contribution in [0.4, 0.5) is 21.7 Å². The quantitative estimate of drug-likeness (QED) is 0.716. The number of hydroxylamine groups is 1. The molecule has 0 saturated heterocycles. The van der Waals surface area contributed by atoms with Crippen molar-refractivity contribution < 1.29 is 14.0 Å². The smallest absolute Gasteiger partial charge is 0.274 e. The van der Waals surface area contributed by atoms with Crippen molar-refractivity contribution in [3.05, 3.63) is 46.8 Å². The summed E-state index contributed by atoms with van der Waals surface area (Å²) in [5.74, 6) is -0.609. The maximum atomic E-state index is 14.6. The van der Waals surface area contributed by atoms with Crippen molar-refractivity contribution in [1.29, 1.82) is 5.26 Å². The lowest BCUT2D eigenvalue weighted by Gasteiger charge is -2.28. The summed E-state index contributed by atoms with van der Waals surface area (Å²) in [4.78, 5) is 22.8. The molecule has 0 spiro atoms. The first kappa shape index (κ1) is 22.1. The number of nitriles is 1. The minimum atomic E-state index is -0.566. The number of nitrogens with zero attached hydrogens (tertiary/aromatic N) is 3. The standard InChI is InChI=1S/C21H26FN5O2/c1-13-7-8-14(20(28)26-29-6)10-17(13)24-18-15(11-23)9-16(22)19(25-18)27(5)12-21(2,3)4/h7-10H,12H2,1-6H3,(H,24,25)(H,26,28). The Bertz CT molecular complexity index is 947. The van der Waals surface area contributed by atoms with Gasteiger partial charge in [0.25, 0.3) is 5.91 Å². The number of hydrogen-bond donors (Lipinski definition) is 2. The van der Waals surface area contributed by atoms with E-state index in [1.54, 1.807) is 30.1 Å². The van der Waals surface area contributed by atoms with Crippen LogP contribution in [0.3, 0.4) is 0 Å². The number of pyridine rings is 1. The number of anilines is 3. The van der Waals surface area contributed by atoms with Gasteiger partial charge in [0.1, 0.15) is 6.07 Å². The van der Waals surface area contributed by atoms with Gasteiger partial charge in [-0.3, -0.25) is 9.63 Å². The highest BCUT2D eigenvalue weighted by Crippen LogP contribution is 2.28. The van der Waals surface area contributed by atoms with Gasteiger partial charge >= 0.3 is 0 Å². The summed E-state index contributed by atoms with van der Waals surface area (Å²) in [7, 11) is 3.11.